The maximum absolute atomic E-state index is 13.7. The third-order valence-corrected chi connectivity index (χ3v) is 9.46. The first-order chi connectivity index (χ1) is 26.1. The number of halogens is 3. The summed E-state index contributed by atoms with van der Waals surface area (Å²) < 4.78 is 39.6. The van der Waals surface area contributed by atoms with Gasteiger partial charge in [0.2, 0.25) is 0 Å². The number of thiol groups is 1. The number of anilines is 2. The van der Waals surface area contributed by atoms with E-state index in [1.165, 1.54) is 24.8 Å². The second kappa shape index (κ2) is 19.7. The number of hydrogen-bond donors (Lipinski definition) is 4. The van der Waals surface area contributed by atoms with E-state index in [0.29, 0.717) is 29.1 Å². The molecule has 2 aromatic heterocycles. The van der Waals surface area contributed by atoms with Crippen molar-refractivity contribution in [2.24, 2.45) is 0 Å². The van der Waals surface area contributed by atoms with Gasteiger partial charge in [-0.05, 0) is 92.7 Å². The van der Waals surface area contributed by atoms with Gasteiger partial charge >= 0.3 is 6.18 Å². The van der Waals surface area contributed by atoms with Crippen LogP contribution in [-0.4, -0.2) is 97.2 Å². The summed E-state index contributed by atoms with van der Waals surface area (Å²) in [5, 5.41) is 9.13. The van der Waals surface area contributed by atoms with E-state index in [9.17, 15) is 22.8 Å². The van der Waals surface area contributed by atoms with E-state index >= 15 is 0 Å². The molecule has 4 aromatic rings. The van der Waals surface area contributed by atoms with Crippen LogP contribution < -0.4 is 20.9 Å². The zero-order valence-electron chi connectivity index (χ0n) is 30.8. The van der Waals surface area contributed by atoms with E-state index in [2.05, 4.69) is 60.3 Å². The van der Waals surface area contributed by atoms with Crippen molar-refractivity contribution in [2.75, 3.05) is 75.9 Å². The minimum Gasteiger partial charge on any atom is -0.372 e. The molecule has 54 heavy (non-hydrogen) atoms. The zero-order valence-corrected chi connectivity index (χ0v) is 31.7. The molecular weight excluding hydrogens is 714 g/mol. The number of nitrogens with one attached hydrogen (secondary N) is 3. The Labute approximate surface area is 321 Å². The molecule has 0 aliphatic carbocycles. The van der Waals surface area contributed by atoms with Crippen molar-refractivity contribution in [1.29, 1.82) is 0 Å². The first-order valence-electron chi connectivity index (χ1n) is 18.3. The van der Waals surface area contributed by atoms with Gasteiger partial charge in [-0.3, -0.25) is 24.4 Å². The summed E-state index contributed by atoms with van der Waals surface area (Å²) in [4.78, 5) is 43.1. The topological polar surface area (TPSA) is 106 Å². The Balaban J connectivity index is 0.00000276. The SMILES string of the molecule is CN(CCN1CCNCC1)Cc1cccc(C(=O)Nc2ccc(N3CCCCC3)cc2-c2cc(C(=O)NCc3cccc(C(F)(F)F)c3)ccn2)n1.CS. The summed E-state index contributed by atoms with van der Waals surface area (Å²) in [5.41, 5.74) is 3.52. The van der Waals surface area contributed by atoms with Gasteiger partial charge in [0.05, 0.1) is 22.6 Å². The Morgan fingerprint density at radius 2 is 1.67 bits per heavy atom. The van der Waals surface area contributed by atoms with Gasteiger partial charge in [-0.1, -0.05) is 18.2 Å². The summed E-state index contributed by atoms with van der Waals surface area (Å²) in [6.07, 6.45) is 2.07. The first-order valence-corrected chi connectivity index (χ1v) is 19.2. The molecule has 0 spiro atoms. The van der Waals surface area contributed by atoms with Crippen LogP contribution in [0.1, 0.15) is 56.9 Å². The van der Waals surface area contributed by atoms with Gasteiger partial charge in [-0.2, -0.15) is 25.8 Å². The minimum absolute atomic E-state index is 0.0792. The maximum Gasteiger partial charge on any atom is 0.416 e. The molecule has 10 nitrogen and oxygen atoms in total. The summed E-state index contributed by atoms with van der Waals surface area (Å²) in [6, 6.07) is 19.3. The highest BCUT2D eigenvalue weighted by atomic mass is 32.1. The highest BCUT2D eigenvalue weighted by molar-refractivity contribution is 7.79. The number of hydrogen-bond acceptors (Lipinski definition) is 9. The van der Waals surface area contributed by atoms with Crippen LogP contribution in [0.2, 0.25) is 0 Å². The highest BCUT2D eigenvalue weighted by Crippen LogP contribution is 2.33. The fourth-order valence-electron chi connectivity index (χ4n) is 6.55. The van der Waals surface area contributed by atoms with Gasteiger partial charge in [0, 0.05) is 88.5 Å². The Morgan fingerprint density at radius 3 is 2.43 bits per heavy atom. The Morgan fingerprint density at radius 1 is 0.907 bits per heavy atom. The van der Waals surface area contributed by atoms with E-state index in [1.807, 2.05) is 30.3 Å². The molecule has 2 aliphatic heterocycles. The van der Waals surface area contributed by atoms with Crippen molar-refractivity contribution in [3.8, 4) is 11.3 Å². The smallest absolute Gasteiger partial charge is 0.372 e. The van der Waals surface area contributed by atoms with Gasteiger partial charge in [-0.15, -0.1) is 0 Å². The van der Waals surface area contributed by atoms with Crippen molar-refractivity contribution >= 4 is 35.8 Å². The molecule has 3 N–H and O–H groups in total. The lowest BCUT2D eigenvalue weighted by atomic mass is 10.0. The van der Waals surface area contributed by atoms with Gasteiger partial charge in [0.1, 0.15) is 5.69 Å². The quantitative estimate of drug-likeness (QED) is 0.126. The van der Waals surface area contributed by atoms with E-state index in [4.69, 9.17) is 0 Å². The number of benzene rings is 2. The molecule has 2 amide bonds. The molecule has 14 heteroatoms. The average molecular weight is 763 g/mol. The molecule has 0 atom stereocenters. The number of piperazine rings is 1. The standard InChI is InChI=1S/C39H45F3N8O2.CH4S/c1-48(21-22-49-19-15-43-16-20-49)27-31-9-6-10-35(46-31)38(52)47-34-12-11-32(50-17-3-2-4-18-50)25-33(34)36-24-29(13-14-44-36)37(51)45-26-28-7-5-8-30(23-28)39(40,41)42;1-2/h5-14,23-25,43H,2-4,15-22,26-27H2,1H3,(H,45,51)(H,47,52);2H,1H3. The van der Waals surface area contributed by atoms with Crippen LogP contribution in [-0.2, 0) is 19.3 Å². The molecule has 0 unspecified atom stereocenters. The van der Waals surface area contributed by atoms with Crippen LogP contribution in [0.25, 0.3) is 11.3 Å². The Hall–Kier alpha value is -4.50. The van der Waals surface area contributed by atoms with Crippen LogP contribution in [0.5, 0.6) is 0 Å². The number of alkyl halides is 3. The summed E-state index contributed by atoms with van der Waals surface area (Å²) in [7, 11) is 2.06. The molecule has 0 bridgehead atoms. The van der Waals surface area contributed by atoms with Crippen molar-refractivity contribution in [2.45, 2.75) is 38.5 Å². The average Bonchev–Trinajstić information content (AvgIpc) is 3.20. The number of pyridine rings is 2. The maximum atomic E-state index is 13.7. The Kier molecular flexibility index (Phi) is 14.9. The predicted octanol–water partition coefficient (Wildman–Crippen LogP) is 6.22. The molecule has 288 valence electrons. The number of piperidine rings is 1. The molecule has 2 aliphatic rings. The molecule has 0 saturated carbocycles. The minimum atomic E-state index is -4.48. The molecule has 2 saturated heterocycles. The highest BCUT2D eigenvalue weighted by Gasteiger charge is 2.30. The molecule has 6 rings (SSSR count). The number of carbonyl (C=O) groups excluding carboxylic acids is 2. The number of rotatable bonds is 12. The first kappa shape index (κ1) is 40.7. The molecule has 2 fully saturated rings. The van der Waals surface area contributed by atoms with Crippen LogP contribution in [0.15, 0.2) is 79.0 Å². The Bertz CT molecular complexity index is 1850. The molecular formula is C40H49F3N8O2S. The number of carbonyl (C=O) groups is 2. The van der Waals surface area contributed by atoms with Crippen LogP contribution in [0.4, 0.5) is 24.5 Å². The van der Waals surface area contributed by atoms with Crippen LogP contribution in [0, 0.1) is 0 Å². The number of nitrogens with zero attached hydrogens (tertiary/aromatic N) is 5. The lowest BCUT2D eigenvalue weighted by molar-refractivity contribution is -0.137. The van der Waals surface area contributed by atoms with Crippen molar-refractivity contribution in [3.05, 3.63) is 107 Å². The molecule has 4 heterocycles. The zero-order chi connectivity index (χ0) is 38.5. The van der Waals surface area contributed by atoms with Gasteiger partial charge in [0.15, 0.2) is 0 Å². The van der Waals surface area contributed by atoms with Gasteiger partial charge in [0.25, 0.3) is 11.8 Å². The van der Waals surface area contributed by atoms with Crippen molar-refractivity contribution in [1.82, 2.24) is 30.4 Å². The van der Waals surface area contributed by atoms with Crippen LogP contribution >= 0.6 is 12.6 Å². The van der Waals surface area contributed by atoms with Crippen molar-refractivity contribution < 1.29 is 22.8 Å². The normalized spacial score (nSPS) is 15.0. The summed E-state index contributed by atoms with van der Waals surface area (Å²) >= 11 is 3.53. The monoisotopic (exact) mass is 762 g/mol. The number of amides is 2. The van der Waals surface area contributed by atoms with E-state index in [-0.39, 0.29) is 23.7 Å². The molecule has 2 aromatic carbocycles. The second-order valence-corrected chi connectivity index (χ2v) is 13.4. The third kappa shape index (κ3) is 11.5. The summed E-state index contributed by atoms with van der Waals surface area (Å²) in [6.45, 7) is 8.32. The number of aromatic nitrogens is 2. The largest absolute Gasteiger partial charge is 0.416 e. The fraction of sp³-hybridized carbons (Fsp3) is 0.400. The van der Waals surface area contributed by atoms with Crippen molar-refractivity contribution in [3.63, 3.8) is 0 Å². The second-order valence-electron chi connectivity index (χ2n) is 13.4. The van der Waals surface area contributed by atoms with Crippen LogP contribution in [0.3, 0.4) is 0 Å². The number of likely N-dealkylation sites (N-methyl/N-ethyl adjacent to an activating group) is 1. The van der Waals surface area contributed by atoms with E-state index < -0.39 is 17.6 Å². The lowest BCUT2D eigenvalue weighted by Crippen LogP contribution is -2.45. The summed E-state index contributed by atoms with van der Waals surface area (Å²) in [5.74, 6) is -0.829. The molecule has 0 radical (unpaired) electrons. The predicted molar refractivity (Wildman–Crippen MR) is 211 cm³/mol. The fourth-order valence-corrected chi connectivity index (χ4v) is 6.55. The van der Waals surface area contributed by atoms with Gasteiger partial charge < -0.3 is 20.9 Å². The lowest BCUT2D eigenvalue weighted by Gasteiger charge is -2.29. The van der Waals surface area contributed by atoms with E-state index in [1.54, 1.807) is 24.5 Å². The van der Waals surface area contributed by atoms with E-state index in [0.717, 1.165) is 88.7 Å². The van der Waals surface area contributed by atoms with Gasteiger partial charge in [-0.25, -0.2) is 4.98 Å². The third-order valence-electron chi connectivity index (χ3n) is 9.46.